The van der Waals surface area contributed by atoms with Gasteiger partial charge in [0.2, 0.25) is 0 Å². The number of fused-ring (bicyclic) bond motifs is 1. The average Bonchev–Trinajstić information content (AvgIpc) is 2.88. The lowest BCUT2D eigenvalue weighted by atomic mass is 10.1. The molecule has 0 aliphatic carbocycles. The van der Waals surface area contributed by atoms with Crippen molar-refractivity contribution in [3.05, 3.63) is 96.8 Å². The van der Waals surface area contributed by atoms with Crippen molar-refractivity contribution in [2.24, 2.45) is 0 Å². The van der Waals surface area contributed by atoms with Crippen LogP contribution >= 0.6 is 0 Å². The molecule has 0 aromatic heterocycles. The number of nitrogens with zero attached hydrogens (tertiary/aromatic N) is 2. The lowest BCUT2D eigenvalue weighted by molar-refractivity contribution is 1.13. The smallest absolute Gasteiger partial charge is 0.115 e. The van der Waals surface area contributed by atoms with Crippen molar-refractivity contribution < 1.29 is 0 Å². The van der Waals surface area contributed by atoms with Crippen molar-refractivity contribution in [2.75, 3.05) is 9.80 Å². The maximum Gasteiger partial charge on any atom is 0.115 e. The van der Waals surface area contributed by atoms with Gasteiger partial charge in [0.25, 0.3) is 0 Å². The van der Waals surface area contributed by atoms with Gasteiger partial charge in [-0.2, -0.15) is 0 Å². The van der Waals surface area contributed by atoms with E-state index in [0.29, 0.717) is 0 Å². The average molecular weight is 298 g/mol. The van der Waals surface area contributed by atoms with Gasteiger partial charge < -0.3 is 0 Å². The van der Waals surface area contributed by atoms with E-state index in [0.717, 1.165) is 22.9 Å². The molecule has 1 heterocycles. The predicted molar refractivity (Wildman–Crippen MR) is 97.5 cm³/mol. The normalized spacial score (nSPS) is 13.3. The summed E-state index contributed by atoms with van der Waals surface area (Å²) in [5, 5.41) is 0. The van der Waals surface area contributed by atoms with Crippen LogP contribution in [0.3, 0.4) is 0 Å². The molecule has 2 nitrogen and oxygen atoms in total. The molecule has 1 aliphatic heterocycles. The minimum atomic E-state index is 0.951. The van der Waals surface area contributed by atoms with Crippen LogP contribution in [-0.4, -0.2) is 0 Å². The summed E-state index contributed by atoms with van der Waals surface area (Å²) in [5.41, 5.74) is 5.85. The van der Waals surface area contributed by atoms with Gasteiger partial charge in [0, 0.05) is 5.69 Å². The third-order valence-electron chi connectivity index (χ3n) is 4.25. The van der Waals surface area contributed by atoms with Gasteiger partial charge in [0.1, 0.15) is 5.82 Å². The molecule has 0 fully saturated rings. The van der Waals surface area contributed by atoms with Gasteiger partial charge in [-0.3, -0.25) is 9.80 Å². The van der Waals surface area contributed by atoms with Crippen LogP contribution in [0.1, 0.15) is 5.56 Å². The van der Waals surface area contributed by atoms with Gasteiger partial charge in [0.15, 0.2) is 0 Å². The van der Waals surface area contributed by atoms with Crippen molar-refractivity contribution in [2.45, 2.75) is 6.92 Å². The van der Waals surface area contributed by atoms with Crippen LogP contribution in [0.5, 0.6) is 0 Å². The van der Waals surface area contributed by atoms with Crippen molar-refractivity contribution >= 4 is 22.7 Å². The Labute approximate surface area is 136 Å². The maximum absolute atomic E-state index is 4.38. The molecular weight excluding hydrogens is 280 g/mol. The molecule has 0 saturated heterocycles. The molecule has 0 spiro atoms. The van der Waals surface area contributed by atoms with Crippen LogP contribution in [0.25, 0.3) is 0 Å². The Hall–Kier alpha value is -3.00. The lowest BCUT2D eigenvalue weighted by Gasteiger charge is -2.25. The lowest BCUT2D eigenvalue weighted by Crippen LogP contribution is -2.20. The first kappa shape index (κ1) is 13.6. The molecule has 4 rings (SSSR count). The summed E-state index contributed by atoms with van der Waals surface area (Å²) in [6, 6.07) is 27.2. The van der Waals surface area contributed by atoms with Gasteiger partial charge in [0.05, 0.1) is 17.1 Å². The standard InChI is InChI=1S/C21H18N2/c1-16-10-6-7-13-19(16)23-17(2)22(18-11-4-3-5-12-18)20-14-8-9-15-21(20)23/h3-15H,2H2,1H3. The largest absolute Gasteiger partial charge is 0.295 e. The van der Waals surface area contributed by atoms with E-state index in [-0.39, 0.29) is 0 Å². The summed E-state index contributed by atoms with van der Waals surface area (Å²) in [6.07, 6.45) is 0. The maximum atomic E-state index is 4.38. The fourth-order valence-corrected chi connectivity index (χ4v) is 3.17. The van der Waals surface area contributed by atoms with Gasteiger partial charge in [-0.15, -0.1) is 0 Å². The number of para-hydroxylation sites is 4. The van der Waals surface area contributed by atoms with Crippen molar-refractivity contribution in [1.29, 1.82) is 0 Å². The van der Waals surface area contributed by atoms with E-state index < -0.39 is 0 Å². The van der Waals surface area contributed by atoms with Crippen LogP contribution in [-0.2, 0) is 0 Å². The van der Waals surface area contributed by atoms with Crippen LogP contribution in [0.2, 0.25) is 0 Å². The predicted octanol–water partition coefficient (Wildman–Crippen LogP) is 5.76. The molecule has 0 bridgehead atoms. The number of hydrogen-bond donors (Lipinski definition) is 0. The summed E-state index contributed by atoms with van der Waals surface area (Å²) in [7, 11) is 0. The Morgan fingerprint density at radius 3 is 1.78 bits per heavy atom. The van der Waals surface area contributed by atoms with E-state index in [1.807, 2.05) is 6.07 Å². The molecule has 112 valence electrons. The van der Waals surface area contributed by atoms with Crippen LogP contribution < -0.4 is 9.80 Å². The number of rotatable bonds is 2. The summed E-state index contributed by atoms with van der Waals surface area (Å²) >= 11 is 0. The number of aryl methyl sites for hydroxylation is 1. The third-order valence-corrected chi connectivity index (χ3v) is 4.25. The molecule has 3 aromatic rings. The Bertz CT molecular complexity index is 868. The first-order valence-electron chi connectivity index (χ1n) is 7.76. The molecule has 0 radical (unpaired) electrons. The molecule has 23 heavy (non-hydrogen) atoms. The summed E-state index contributed by atoms with van der Waals surface area (Å²) < 4.78 is 0. The first-order valence-corrected chi connectivity index (χ1v) is 7.76. The molecule has 0 amide bonds. The van der Waals surface area contributed by atoms with Gasteiger partial charge in [-0.1, -0.05) is 55.1 Å². The third kappa shape index (κ3) is 2.11. The van der Waals surface area contributed by atoms with Gasteiger partial charge in [-0.05, 0) is 42.8 Å². The highest BCUT2D eigenvalue weighted by Gasteiger charge is 2.32. The molecule has 0 atom stereocenters. The SMILES string of the molecule is C=C1N(c2ccccc2)c2ccccc2N1c1ccccc1C. The first-order chi connectivity index (χ1) is 11.3. The van der Waals surface area contributed by atoms with Gasteiger partial charge >= 0.3 is 0 Å². The molecular formula is C21H18N2. The van der Waals surface area contributed by atoms with E-state index in [1.165, 1.54) is 11.3 Å². The highest BCUT2D eigenvalue weighted by atomic mass is 15.4. The Morgan fingerprint density at radius 1 is 0.609 bits per heavy atom. The Kier molecular flexibility index (Phi) is 3.16. The highest BCUT2D eigenvalue weighted by molar-refractivity contribution is 5.93. The second-order valence-electron chi connectivity index (χ2n) is 5.70. The second-order valence-corrected chi connectivity index (χ2v) is 5.70. The van der Waals surface area contributed by atoms with Gasteiger partial charge in [-0.25, -0.2) is 0 Å². The molecule has 0 N–H and O–H groups in total. The monoisotopic (exact) mass is 298 g/mol. The minimum Gasteiger partial charge on any atom is -0.295 e. The Morgan fingerprint density at radius 2 is 1.13 bits per heavy atom. The van der Waals surface area contributed by atoms with E-state index >= 15 is 0 Å². The number of benzene rings is 3. The molecule has 1 aliphatic rings. The summed E-state index contributed by atoms with van der Waals surface area (Å²) in [4.78, 5) is 4.44. The van der Waals surface area contributed by atoms with E-state index in [9.17, 15) is 0 Å². The van der Waals surface area contributed by atoms with Crippen molar-refractivity contribution in [1.82, 2.24) is 0 Å². The molecule has 0 unspecified atom stereocenters. The van der Waals surface area contributed by atoms with E-state index in [2.05, 4.69) is 96.1 Å². The van der Waals surface area contributed by atoms with E-state index in [1.54, 1.807) is 0 Å². The summed E-state index contributed by atoms with van der Waals surface area (Å²) in [5.74, 6) is 0.951. The zero-order chi connectivity index (χ0) is 15.8. The van der Waals surface area contributed by atoms with Crippen molar-refractivity contribution in [3.8, 4) is 0 Å². The number of hydrogen-bond acceptors (Lipinski definition) is 2. The minimum absolute atomic E-state index is 0.951. The highest BCUT2D eigenvalue weighted by Crippen LogP contribution is 2.49. The van der Waals surface area contributed by atoms with Crippen molar-refractivity contribution in [3.63, 3.8) is 0 Å². The zero-order valence-electron chi connectivity index (χ0n) is 13.1. The molecule has 3 aromatic carbocycles. The number of anilines is 4. The zero-order valence-corrected chi connectivity index (χ0v) is 13.1. The van der Waals surface area contributed by atoms with Crippen LogP contribution in [0.4, 0.5) is 22.7 Å². The molecule has 2 heteroatoms. The quantitative estimate of drug-likeness (QED) is 0.594. The summed E-state index contributed by atoms with van der Waals surface area (Å²) in [6.45, 7) is 6.51. The second kappa shape index (κ2) is 5.33. The molecule has 0 saturated carbocycles. The fraction of sp³-hybridized carbons (Fsp3) is 0.0476. The van der Waals surface area contributed by atoms with Crippen LogP contribution in [0.15, 0.2) is 91.3 Å². The Balaban J connectivity index is 1.91. The fourth-order valence-electron chi connectivity index (χ4n) is 3.17. The topological polar surface area (TPSA) is 6.48 Å². The van der Waals surface area contributed by atoms with E-state index in [4.69, 9.17) is 0 Å². The van der Waals surface area contributed by atoms with Crippen LogP contribution in [0, 0.1) is 6.92 Å².